The highest BCUT2D eigenvalue weighted by molar-refractivity contribution is 6.33. The van der Waals surface area contributed by atoms with Gasteiger partial charge in [0.1, 0.15) is 16.6 Å². The number of amidine groups is 1. The Kier molecular flexibility index (Phi) is 6.19. The van der Waals surface area contributed by atoms with Crippen LogP contribution in [0.2, 0.25) is 5.02 Å². The standard InChI is InChI=1S/C24H19ClN4O4/c1-14-22(15-7-10-17(33-2)11-8-15)23(27-20-6-4-3-5-19(20)26-14)28-24(30)16-9-12-21(29(31)32)18(25)13-16/h3-13,22H,1-2H3,(H,27,28,30)/t22-/m0/s1. The number of amides is 1. The summed E-state index contributed by atoms with van der Waals surface area (Å²) in [6, 6.07) is 18.7. The van der Waals surface area contributed by atoms with Gasteiger partial charge in [-0.25, -0.2) is 4.99 Å². The van der Waals surface area contributed by atoms with Gasteiger partial charge in [0.25, 0.3) is 11.6 Å². The van der Waals surface area contributed by atoms with Gasteiger partial charge >= 0.3 is 0 Å². The third-order valence-corrected chi connectivity index (χ3v) is 5.51. The maximum atomic E-state index is 13.1. The highest BCUT2D eigenvalue weighted by Gasteiger charge is 2.27. The van der Waals surface area contributed by atoms with Crippen LogP contribution in [0.1, 0.15) is 28.8 Å². The number of nitrogens with one attached hydrogen (secondary N) is 1. The number of hydrogen-bond donors (Lipinski definition) is 1. The van der Waals surface area contributed by atoms with Crippen LogP contribution in [0, 0.1) is 10.1 Å². The van der Waals surface area contributed by atoms with Crippen molar-refractivity contribution >= 4 is 46.1 Å². The fourth-order valence-corrected chi connectivity index (χ4v) is 3.83. The molecule has 166 valence electrons. The van der Waals surface area contributed by atoms with Gasteiger partial charge < -0.3 is 10.1 Å². The SMILES string of the molecule is COc1ccc([C@@H]2C(C)=Nc3ccccc3N=C2NC(=O)c2ccc([N+](=O)[O-])c(Cl)c2)cc1. The number of aliphatic imine (C=N–C) groups is 2. The Hall–Kier alpha value is -4.04. The molecule has 33 heavy (non-hydrogen) atoms. The number of benzene rings is 3. The molecule has 8 nitrogen and oxygen atoms in total. The highest BCUT2D eigenvalue weighted by atomic mass is 35.5. The molecule has 0 radical (unpaired) electrons. The lowest BCUT2D eigenvalue weighted by Crippen LogP contribution is -2.37. The predicted octanol–water partition coefficient (Wildman–Crippen LogP) is 5.61. The molecule has 0 aromatic heterocycles. The van der Waals surface area contributed by atoms with Crippen molar-refractivity contribution in [2.24, 2.45) is 9.98 Å². The number of nitrogens with zero attached hydrogens (tertiary/aromatic N) is 3. The smallest absolute Gasteiger partial charge is 0.287 e. The summed E-state index contributed by atoms with van der Waals surface area (Å²) in [6.07, 6.45) is 0. The number of nitro groups is 1. The maximum Gasteiger partial charge on any atom is 0.287 e. The van der Waals surface area contributed by atoms with Crippen molar-refractivity contribution in [3.05, 3.63) is 93.0 Å². The second kappa shape index (κ2) is 9.22. The van der Waals surface area contributed by atoms with E-state index in [1.165, 1.54) is 18.2 Å². The molecule has 1 atom stereocenters. The molecule has 1 aliphatic heterocycles. The van der Waals surface area contributed by atoms with E-state index in [0.717, 1.165) is 11.3 Å². The van der Waals surface area contributed by atoms with Crippen LogP contribution in [-0.4, -0.2) is 29.5 Å². The Morgan fingerprint density at radius 2 is 1.73 bits per heavy atom. The van der Waals surface area contributed by atoms with E-state index in [1.807, 2.05) is 55.5 Å². The molecule has 4 rings (SSSR count). The predicted molar refractivity (Wildman–Crippen MR) is 128 cm³/mol. The van der Waals surface area contributed by atoms with Crippen LogP contribution in [0.3, 0.4) is 0 Å². The van der Waals surface area contributed by atoms with Crippen molar-refractivity contribution in [2.45, 2.75) is 12.8 Å². The molecule has 1 amide bonds. The van der Waals surface area contributed by atoms with Gasteiger partial charge in [-0.2, -0.15) is 0 Å². The highest BCUT2D eigenvalue weighted by Crippen LogP contribution is 2.35. The summed E-state index contributed by atoms with van der Waals surface area (Å²) in [5.41, 5.74) is 2.82. The molecule has 0 saturated carbocycles. The minimum atomic E-state index is -0.601. The summed E-state index contributed by atoms with van der Waals surface area (Å²) in [6.45, 7) is 1.88. The van der Waals surface area contributed by atoms with Crippen LogP contribution in [0.4, 0.5) is 17.1 Å². The Morgan fingerprint density at radius 1 is 1.06 bits per heavy atom. The topological polar surface area (TPSA) is 106 Å². The van der Waals surface area contributed by atoms with Gasteiger partial charge in [-0.15, -0.1) is 0 Å². The number of fused-ring (bicyclic) bond motifs is 1. The fourth-order valence-electron chi connectivity index (χ4n) is 3.58. The molecule has 0 fully saturated rings. The van der Waals surface area contributed by atoms with Gasteiger partial charge in [0.2, 0.25) is 0 Å². The third kappa shape index (κ3) is 4.61. The summed E-state index contributed by atoms with van der Waals surface area (Å²) < 4.78 is 5.25. The number of ether oxygens (including phenoxy) is 1. The van der Waals surface area contributed by atoms with Gasteiger partial charge in [0, 0.05) is 17.3 Å². The zero-order chi connectivity index (χ0) is 23.5. The number of hydrogen-bond acceptors (Lipinski definition) is 6. The summed E-state index contributed by atoms with van der Waals surface area (Å²) in [4.78, 5) is 33.0. The first-order valence-electron chi connectivity index (χ1n) is 9.99. The van der Waals surface area contributed by atoms with Gasteiger partial charge in [0.15, 0.2) is 0 Å². The number of rotatable bonds is 4. The van der Waals surface area contributed by atoms with E-state index >= 15 is 0 Å². The molecule has 3 aromatic rings. The average molecular weight is 463 g/mol. The van der Waals surface area contributed by atoms with Gasteiger partial charge in [-0.05, 0) is 48.9 Å². The zero-order valence-electron chi connectivity index (χ0n) is 17.8. The second-order valence-electron chi connectivity index (χ2n) is 7.32. The van der Waals surface area contributed by atoms with Crippen LogP contribution >= 0.6 is 11.6 Å². The lowest BCUT2D eigenvalue weighted by atomic mass is 9.93. The Morgan fingerprint density at radius 3 is 2.33 bits per heavy atom. The third-order valence-electron chi connectivity index (χ3n) is 5.21. The molecule has 0 bridgehead atoms. The van der Waals surface area contributed by atoms with Crippen LogP contribution in [0.5, 0.6) is 5.75 Å². The van der Waals surface area contributed by atoms with Crippen LogP contribution in [0.15, 0.2) is 76.7 Å². The number of halogens is 1. The van der Waals surface area contributed by atoms with E-state index in [0.29, 0.717) is 23.0 Å². The quantitative estimate of drug-likeness (QED) is 0.402. The van der Waals surface area contributed by atoms with Crippen molar-refractivity contribution < 1.29 is 14.5 Å². The molecule has 9 heteroatoms. The maximum absolute atomic E-state index is 13.1. The van der Waals surface area contributed by atoms with Crippen molar-refractivity contribution in [1.82, 2.24) is 5.32 Å². The molecule has 0 saturated heterocycles. The van der Waals surface area contributed by atoms with Crippen LogP contribution in [0.25, 0.3) is 0 Å². The number of carbonyl (C=O) groups excluding carboxylic acids is 1. The van der Waals surface area contributed by atoms with Gasteiger partial charge in [0.05, 0.1) is 29.3 Å². The first kappa shape index (κ1) is 22.2. The minimum Gasteiger partial charge on any atom is -0.497 e. The summed E-state index contributed by atoms with van der Waals surface area (Å²) in [5, 5.41) is 13.8. The van der Waals surface area contributed by atoms with Gasteiger partial charge in [-0.3, -0.25) is 19.9 Å². The van der Waals surface area contributed by atoms with Crippen LogP contribution < -0.4 is 10.1 Å². The van der Waals surface area contributed by atoms with Crippen molar-refractivity contribution in [3.8, 4) is 5.75 Å². The van der Waals surface area contributed by atoms with E-state index in [4.69, 9.17) is 26.3 Å². The van der Waals surface area contributed by atoms with Crippen molar-refractivity contribution in [3.63, 3.8) is 0 Å². The molecule has 0 aliphatic carbocycles. The summed E-state index contributed by atoms with van der Waals surface area (Å²) in [5.74, 6) is 0.163. The van der Waals surface area contributed by atoms with Crippen molar-refractivity contribution in [1.29, 1.82) is 0 Å². The van der Waals surface area contributed by atoms with Crippen molar-refractivity contribution in [2.75, 3.05) is 7.11 Å². The Bertz CT molecular complexity index is 1300. The largest absolute Gasteiger partial charge is 0.497 e. The molecule has 0 unspecified atom stereocenters. The number of nitro benzene ring substituents is 1. The lowest BCUT2D eigenvalue weighted by Gasteiger charge is -2.20. The number of methoxy groups -OCH3 is 1. The van der Waals surface area contributed by atoms with E-state index in [-0.39, 0.29) is 16.3 Å². The van der Waals surface area contributed by atoms with E-state index in [2.05, 4.69) is 5.32 Å². The zero-order valence-corrected chi connectivity index (χ0v) is 18.5. The molecule has 1 N–H and O–H groups in total. The number of para-hydroxylation sites is 2. The summed E-state index contributed by atoms with van der Waals surface area (Å²) >= 11 is 6.00. The van der Waals surface area contributed by atoms with E-state index in [1.54, 1.807) is 7.11 Å². The monoisotopic (exact) mass is 462 g/mol. The Labute approximate surface area is 194 Å². The average Bonchev–Trinajstić information content (AvgIpc) is 2.94. The molecular weight excluding hydrogens is 444 g/mol. The first-order chi connectivity index (χ1) is 15.9. The fraction of sp³-hybridized carbons (Fsp3) is 0.125. The number of carbonyl (C=O) groups is 1. The second-order valence-corrected chi connectivity index (χ2v) is 7.73. The lowest BCUT2D eigenvalue weighted by molar-refractivity contribution is -0.384. The first-order valence-corrected chi connectivity index (χ1v) is 10.4. The molecule has 1 heterocycles. The molecule has 0 spiro atoms. The molecule has 3 aromatic carbocycles. The van der Waals surface area contributed by atoms with E-state index in [9.17, 15) is 14.9 Å². The van der Waals surface area contributed by atoms with E-state index < -0.39 is 16.7 Å². The Balaban J connectivity index is 1.75. The molecular formula is C24H19ClN4O4. The minimum absolute atomic E-state index is 0.120. The van der Waals surface area contributed by atoms with Gasteiger partial charge in [-0.1, -0.05) is 35.9 Å². The molecule has 1 aliphatic rings. The summed E-state index contributed by atoms with van der Waals surface area (Å²) in [7, 11) is 1.59. The van der Waals surface area contributed by atoms with Crippen LogP contribution in [-0.2, 0) is 0 Å². The normalized spacial score (nSPS) is 14.9.